The molecule has 1 heterocycles. The Hall–Kier alpha value is -1.08. The number of hydrogen-bond donors (Lipinski definition) is 1. The first-order valence-electron chi connectivity index (χ1n) is 6.26. The van der Waals surface area contributed by atoms with Gasteiger partial charge in [0.1, 0.15) is 6.04 Å². The van der Waals surface area contributed by atoms with Crippen LogP contribution in [0.25, 0.3) is 10.4 Å². The lowest BCUT2D eigenvalue weighted by Gasteiger charge is -2.15. The van der Waals surface area contributed by atoms with E-state index in [4.69, 9.17) is 10.3 Å². The molecule has 0 spiro atoms. The fourth-order valence-electron chi connectivity index (χ4n) is 1.59. The molecule has 1 rings (SSSR count). The minimum absolute atomic E-state index is 0.287. The molecule has 0 saturated carbocycles. The Labute approximate surface area is 130 Å². The molecule has 1 N–H and O–H groups in total. The first-order chi connectivity index (χ1) is 9.60. The van der Waals surface area contributed by atoms with Gasteiger partial charge in [-0.05, 0) is 54.3 Å². The molecule has 0 aromatic carbocycles. The summed E-state index contributed by atoms with van der Waals surface area (Å²) in [7, 11) is 0. The van der Waals surface area contributed by atoms with Gasteiger partial charge in [0.2, 0.25) is 0 Å². The van der Waals surface area contributed by atoms with Crippen molar-refractivity contribution in [2.75, 3.05) is 19.7 Å². The van der Waals surface area contributed by atoms with Crippen LogP contribution in [-0.2, 0) is 9.53 Å². The highest BCUT2D eigenvalue weighted by Crippen LogP contribution is 2.31. The molecule has 0 aliphatic carbocycles. The van der Waals surface area contributed by atoms with E-state index in [0.717, 1.165) is 14.2 Å². The second kappa shape index (κ2) is 8.97. The van der Waals surface area contributed by atoms with Gasteiger partial charge in [0.15, 0.2) is 0 Å². The lowest BCUT2D eigenvalue weighted by molar-refractivity contribution is -0.145. The van der Waals surface area contributed by atoms with Gasteiger partial charge in [-0.15, -0.1) is 11.3 Å². The molecule has 8 heteroatoms. The molecular formula is C12H17BrN4O2S. The van der Waals surface area contributed by atoms with Crippen LogP contribution in [0.2, 0.25) is 0 Å². The molecule has 0 aliphatic heterocycles. The Balaban J connectivity index is 2.70. The van der Waals surface area contributed by atoms with Crippen LogP contribution in [0.3, 0.4) is 0 Å². The summed E-state index contributed by atoms with van der Waals surface area (Å²) in [5.74, 6) is -0.287. The van der Waals surface area contributed by atoms with Crippen molar-refractivity contribution in [3.05, 3.63) is 30.7 Å². The molecule has 1 atom stereocenters. The number of rotatable bonds is 8. The van der Waals surface area contributed by atoms with Crippen LogP contribution in [0.5, 0.6) is 0 Å². The number of hydrogen-bond acceptors (Lipinski definition) is 5. The topological polar surface area (TPSA) is 87.1 Å². The van der Waals surface area contributed by atoms with Crippen molar-refractivity contribution in [2.24, 2.45) is 5.11 Å². The van der Waals surface area contributed by atoms with Gasteiger partial charge >= 0.3 is 5.97 Å². The van der Waals surface area contributed by atoms with Crippen LogP contribution in [0.15, 0.2) is 15.7 Å². The second-order valence-electron chi connectivity index (χ2n) is 4.00. The van der Waals surface area contributed by atoms with E-state index in [1.807, 2.05) is 13.0 Å². The molecule has 6 nitrogen and oxygen atoms in total. The van der Waals surface area contributed by atoms with Crippen molar-refractivity contribution < 1.29 is 9.53 Å². The number of halogens is 1. The van der Waals surface area contributed by atoms with E-state index in [-0.39, 0.29) is 5.97 Å². The number of azide groups is 1. The van der Waals surface area contributed by atoms with Crippen LogP contribution in [-0.4, -0.2) is 25.7 Å². The lowest BCUT2D eigenvalue weighted by atomic mass is 10.2. The molecule has 0 fully saturated rings. The number of ether oxygens (including phenoxy) is 1. The van der Waals surface area contributed by atoms with E-state index in [1.54, 1.807) is 18.3 Å². The van der Waals surface area contributed by atoms with Crippen LogP contribution < -0.4 is 5.32 Å². The maximum atomic E-state index is 12.0. The fraction of sp³-hybridized carbons (Fsp3) is 0.583. The molecule has 0 saturated heterocycles. The van der Waals surface area contributed by atoms with Crippen molar-refractivity contribution >= 4 is 33.2 Å². The number of aryl methyl sites for hydroxylation is 1. The Morgan fingerprint density at radius 2 is 2.45 bits per heavy atom. The molecule has 1 aromatic heterocycles. The number of esters is 1. The van der Waals surface area contributed by atoms with Crippen molar-refractivity contribution in [3.8, 4) is 0 Å². The van der Waals surface area contributed by atoms with E-state index < -0.39 is 6.04 Å². The van der Waals surface area contributed by atoms with Gasteiger partial charge in [-0.25, -0.2) is 4.79 Å². The number of carbonyl (C=O) groups is 1. The molecule has 0 aliphatic rings. The van der Waals surface area contributed by atoms with Crippen molar-refractivity contribution in [1.29, 1.82) is 0 Å². The Morgan fingerprint density at radius 3 is 3.00 bits per heavy atom. The third-order valence-electron chi connectivity index (χ3n) is 2.53. The molecular weight excluding hydrogens is 344 g/mol. The summed E-state index contributed by atoms with van der Waals surface area (Å²) >= 11 is 5.00. The highest BCUT2D eigenvalue weighted by Gasteiger charge is 2.23. The third kappa shape index (κ3) is 5.13. The van der Waals surface area contributed by atoms with E-state index >= 15 is 0 Å². The summed E-state index contributed by atoms with van der Waals surface area (Å²) in [6.07, 6.45) is 0.672. The quantitative estimate of drug-likeness (QED) is 0.252. The summed E-state index contributed by atoms with van der Waals surface area (Å²) in [6.45, 7) is 5.11. The van der Waals surface area contributed by atoms with Crippen LogP contribution in [0.1, 0.15) is 29.1 Å². The van der Waals surface area contributed by atoms with E-state index in [9.17, 15) is 4.79 Å². The lowest BCUT2D eigenvalue weighted by Crippen LogP contribution is -2.30. The zero-order valence-corrected chi connectivity index (χ0v) is 13.8. The zero-order valence-electron chi connectivity index (χ0n) is 11.4. The molecule has 0 bridgehead atoms. The smallest absolute Gasteiger partial charge is 0.328 e. The summed E-state index contributed by atoms with van der Waals surface area (Å²) in [4.78, 5) is 16.7. The number of thiophene rings is 1. The monoisotopic (exact) mass is 360 g/mol. The van der Waals surface area contributed by atoms with Crippen LogP contribution in [0.4, 0.5) is 0 Å². The van der Waals surface area contributed by atoms with Gasteiger partial charge < -0.3 is 10.1 Å². The van der Waals surface area contributed by atoms with Gasteiger partial charge in [-0.3, -0.25) is 0 Å². The van der Waals surface area contributed by atoms with E-state index in [0.29, 0.717) is 26.1 Å². The van der Waals surface area contributed by atoms with Gasteiger partial charge in [0.05, 0.1) is 6.61 Å². The average Bonchev–Trinajstić information content (AvgIpc) is 2.73. The molecule has 0 radical (unpaired) electrons. The normalized spacial score (nSPS) is 11.8. The Morgan fingerprint density at radius 1 is 1.70 bits per heavy atom. The predicted molar refractivity (Wildman–Crippen MR) is 82.8 cm³/mol. The number of nitrogens with one attached hydrogen (secondary N) is 1. The van der Waals surface area contributed by atoms with Gasteiger partial charge in [-0.2, -0.15) is 0 Å². The molecule has 0 amide bonds. The molecule has 20 heavy (non-hydrogen) atoms. The third-order valence-corrected chi connectivity index (χ3v) is 4.73. The summed E-state index contributed by atoms with van der Waals surface area (Å²) in [5.41, 5.74) is 8.20. The number of carbonyl (C=O) groups excluding carboxylic acids is 1. The largest absolute Gasteiger partial charge is 0.465 e. The van der Waals surface area contributed by atoms with E-state index in [2.05, 4.69) is 31.3 Å². The predicted octanol–water partition coefficient (Wildman–Crippen LogP) is 3.71. The van der Waals surface area contributed by atoms with Gasteiger partial charge in [0.25, 0.3) is 0 Å². The standard InChI is InChI=1S/C12H17BrN4O2S/c1-3-19-12(18)11(15-5-4-6-16-17-14)10-7-9(13)8(2)20-10/h7,11,15H,3-6H2,1-2H3. The van der Waals surface area contributed by atoms with E-state index in [1.165, 1.54) is 0 Å². The fourth-order valence-corrected chi connectivity index (χ4v) is 3.22. The Bertz CT molecular complexity index is 480. The minimum atomic E-state index is -0.476. The van der Waals surface area contributed by atoms with Crippen LogP contribution >= 0.6 is 27.3 Å². The summed E-state index contributed by atoms with van der Waals surface area (Å²) in [6, 6.07) is 1.46. The number of nitrogens with zero attached hydrogens (tertiary/aromatic N) is 3. The summed E-state index contributed by atoms with van der Waals surface area (Å²) < 4.78 is 6.08. The van der Waals surface area contributed by atoms with Crippen molar-refractivity contribution in [3.63, 3.8) is 0 Å². The SMILES string of the molecule is CCOC(=O)C(NCCCN=[N+]=[N-])c1cc(Br)c(C)s1. The molecule has 110 valence electrons. The van der Waals surface area contributed by atoms with Crippen molar-refractivity contribution in [2.45, 2.75) is 26.3 Å². The van der Waals surface area contributed by atoms with Crippen LogP contribution in [0, 0.1) is 6.92 Å². The average molecular weight is 361 g/mol. The highest BCUT2D eigenvalue weighted by molar-refractivity contribution is 9.10. The molecule has 1 aromatic rings. The van der Waals surface area contributed by atoms with Crippen molar-refractivity contribution in [1.82, 2.24) is 5.32 Å². The zero-order chi connectivity index (χ0) is 15.0. The maximum Gasteiger partial charge on any atom is 0.328 e. The Kier molecular flexibility index (Phi) is 7.61. The van der Waals surface area contributed by atoms with Gasteiger partial charge in [-0.1, -0.05) is 5.11 Å². The highest BCUT2D eigenvalue weighted by atomic mass is 79.9. The minimum Gasteiger partial charge on any atom is -0.465 e. The second-order valence-corrected chi connectivity index (χ2v) is 6.14. The first kappa shape index (κ1) is 17.0. The molecule has 1 unspecified atom stereocenters. The van der Waals surface area contributed by atoms with Gasteiger partial charge in [0, 0.05) is 25.7 Å². The maximum absolute atomic E-state index is 12.0. The summed E-state index contributed by atoms with van der Waals surface area (Å²) in [5, 5.41) is 6.61. The first-order valence-corrected chi connectivity index (χ1v) is 7.87.